The smallest absolute Gasteiger partial charge is 0.341 e. The van der Waals surface area contributed by atoms with Crippen molar-refractivity contribution in [3.05, 3.63) is 52.6 Å². The van der Waals surface area contributed by atoms with Crippen LogP contribution < -0.4 is 10.3 Å². The van der Waals surface area contributed by atoms with Crippen LogP contribution in [0.1, 0.15) is 24.2 Å². The van der Waals surface area contributed by atoms with Gasteiger partial charge in [-0.05, 0) is 30.2 Å². The molecular weight excluding hydrogens is 334 g/mol. The van der Waals surface area contributed by atoms with E-state index < -0.39 is 5.97 Å². The monoisotopic (exact) mass is 355 g/mol. The number of hydrogen-bond donors (Lipinski definition) is 0. The van der Waals surface area contributed by atoms with Gasteiger partial charge in [-0.25, -0.2) is 4.79 Å². The highest BCUT2D eigenvalue weighted by Crippen LogP contribution is 2.24. The van der Waals surface area contributed by atoms with Gasteiger partial charge in [-0.1, -0.05) is 13.8 Å². The minimum Gasteiger partial charge on any atom is -0.497 e. The number of aromatic nitrogens is 3. The summed E-state index contributed by atoms with van der Waals surface area (Å²) in [5, 5.41) is 4.38. The lowest BCUT2D eigenvalue weighted by Crippen LogP contribution is -2.16. The molecule has 2 heterocycles. The van der Waals surface area contributed by atoms with Gasteiger partial charge in [0.25, 0.3) is 5.56 Å². The van der Waals surface area contributed by atoms with E-state index in [1.54, 1.807) is 43.8 Å². The second-order valence-electron chi connectivity index (χ2n) is 6.43. The third-order valence-electron chi connectivity index (χ3n) is 4.02. The third-order valence-corrected chi connectivity index (χ3v) is 4.02. The van der Waals surface area contributed by atoms with Crippen molar-refractivity contribution in [3.8, 4) is 22.7 Å². The van der Waals surface area contributed by atoms with E-state index in [4.69, 9.17) is 9.47 Å². The summed E-state index contributed by atoms with van der Waals surface area (Å²) >= 11 is 0. The fraction of sp³-hybridized carbons (Fsp3) is 0.316. The average molecular weight is 355 g/mol. The number of benzene rings is 1. The van der Waals surface area contributed by atoms with Crippen molar-refractivity contribution in [2.24, 2.45) is 5.92 Å². The van der Waals surface area contributed by atoms with Gasteiger partial charge < -0.3 is 14.0 Å². The van der Waals surface area contributed by atoms with Crippen LogP contribution in [-0.2, 0) is 11.3 Å². The predicted octanol–water partition coefficient (Wildman–Crippen LogP) is 2.59. The molecule has 1 aromatic rings. The first-order valence-electron chi connectivity index (χ1n) is 8.30. The Morgan fingerprint density at radius 3 is 2.42 bits per heavy atom. The lowest BCUT2D eigenvalue weighted by Gasteiger charge is -2.13. The topological polar surface area (TPSA) is 75.3 Å². The number of nitrogens with zero attached hydrogens (tertiary/aromatic N) is 3. The zero-order chi connectivity index (χ0) is 18.8. The standard InChI is InChI=1S/C19H21N3O4/c1-12(2)9-21-10-15-17(16(11-21)19(24)26-4)20-22(18(15)23)13-5-7-14(25-3)8-6-13/h5-8,10-12H,9H2,1-4H3. The van der Waals surface area contributed by atoms with Crippen molar-refractivity contribution in [2.75, 3.05) is 14.2 Å². The lowest BCUT2D eigenvalue weighted by molar-refractivity contribution is 0.0600. The quantitative estimate of drug-likeness (QED) is 0.658. The van der Waals surface area contributed by atoms with E-state index in [9.17, 15) is 9.59 Å². The molecule has 0 unspecified atom stereocenters. The molecule has 2 aliphatic heterocycles. The number of rotatable bonds is 5. The zero-order valence-electron chi connectivity index (χ0n) is 15.2. The molecule has 0 saturated carbocycles. The number of hydrogen-bond acceptors (Lipinski definition) is 5. The molecule has 2 aliphatic rings. The number of carbonyl (C=O) groups is 1. The molecule has 0 N–H and O–H groups in total. The molecule has 0 spiro atoms. The highest BCUT2D eigenvalue weighted by molar-refractivity contribution is 5.96. The molecule has 3 rings (SSSR count). The van der Waals surface area contributed by atoms with E-state index in [2.05, 4.69) is 18.9 Å². The first kappa shape index (κ1) is 17.7. The normalized spacial score (nSPS) is 11.1. The van der Waals surface area contributed by atoms with Crippen molar-refractivity contribution >= 4 is 5.97 Å². The molecule has 26 heavy (non-hydrogen) atoms. The van der Waals surface area contributed by atoms with Gasteiger partial charge in [0.1, 0.15) is 17.0 Å². The summed E-state index contributed by atoms with van der Waals surface area (Å²) in [6.45, 7) is 4.80. The molecule has 1 aromatic carbocycles. The van der Waals surface area contributed by atoms with E-state index >= 15 is 0 Å². The van der Waals surface area contributed by atoms with E-state index in [-0.39, 0.29) is 11.1 Å². The summed E-state index contributed by atoms with van der Waals surface area (Å²) in [7, 11) is 2.89. The Morgan fingerprint density at radius 2 is 1.85 bits per heavy atom. The number of fused-ring (bicyclic) bond motifs is 1. The Bertz CT molecular complexity index is 954. The number of carbonyl (C=O) groups excluding carboxylic acids is 1. The fourth-order valence-electron chi connectivity index (χ4n) is 2.84. The number of methoxy groups -OCH3 is 2. The minimum absolute atomic E-state index is 0.273. The molecule has 0 fully saturated rings. The van der Waals surface area contributed by atoms with Gasteiger partial charge in [-0.3, -0.25) is 4.79 Å². The highest BCUT2D eigenvalue weighted by Gasteiger charge is 2.25. The van der Waals surface area contributed by atoms with E-state index in [0.29, 0.717) is 35.2 Å². The van der Waals surface area contributed by atoms with Crippen LogP contribution in [0.5, 0.6) is 5.75 Å². The van der Waals surface area contributed by atoms with Gasteiger partial charge in [-0.15, -0.1) is 0 Å². The Kier molecular flexibility index (Phi) is 4.79. The summed E-state index contributed by atoms with van der Waals surface area (Å²) < 4.78 is 13.1. The van der Waals surface area contributed by atoms with Gasteiger partial charge >= 0.3 is 5.97 Å². The van der Waals surface area contributed by atoms with Gasteiger partial charge in [-0.2, -0.15) is 9.78 Å². The fourth-order valence-corrected chi connectivity index (χ4v) is 2.84. The summed E-state index contributed by atoms with van der Waals surface area (Å²) in [6.07, 6.45) is 3.41. The van der Waals surface area contributed by atoms with Crippen molar-refractivity contribution in [2.45, 2.75) is 20.4 Å². The molecular formula is C19H21N3O4. The maximum atomic E-state index is 12.9. The average Bonchev–Trinajstić information content (AvgIpc) is 2.97. The van der Waals surface area contributed by atoms with Gasteiger partial charge in [0.05, 0.1) is 25.5 Å². The van der Waals surface area contributed by atoms with E-state index in [1.807, 2.05) is 4.57 Å². The van der Waals surface area contributed by atoms with Crippen molar-refractivity contribution in [3.63, 3.8) is 0 Å². The highest BCUT2D eigenvalue weighted by atomic mass is 16.5. The van der Waals surface area contributed by atoms with Crippen LogP contribution in [0.15, 0.2) is 41.5 Å². The van der Waals surface area contributed by atoms with Gasteiger partial charge in [0.2, 0.25) is 0 Å². The molecule has 0 aromatic heterocycles. The molecule has 0 radical (unpaired) electrons. The van der Waals surface area contributed by atoms with Crippen molar-refractivity contribution in [1.82, 2.24) is 14.3 Å². The summed E-state index contributed by atoms with van der Waals surface area (Å²) in [5.41, 5.74) is 1.30. The Labute approximate surface area is 151 Å². The van der Waals surface area contributed by atoms with Crippen LogP contribution in [0.25, 0.3) is 16.9 Å². The summed E-state index contributed by atoms with van der Waals surface area (Å²) in [4.78, 5) is 25.1. The van der Waals surface area contributed by atoms with Crippen LogP contribution in [-0.4, -0.2) is 34.5 Å². The molecule has 0 aliphatic carbocycles. The first-order valence-corrected chi connectivity index (χ1v) is 8.30. The molecule has 0 saturated heterocycles. The van der Waals surface area contributed by atoms with Crippen LogP contribution in [0.3, 0.4) is 0 Å². The molecule has 7 heteroatoms. The molecule has 136 valence electrons. The third kappa shape index (κ3) is 3.20. The number of ether oxygens (including phenoxy) is 2. The van der Waals surface area contributed by atoms with E-state index in [0.717, 1.165) is 0 Å². The van der Waals surface area contributed by atoms with Crippen LogP contribution in [0.4, 0.5) is 0 Å². The molecule has 0 amide bonds. The maximum Gasteiger partial charge on any atom is 0.341 e. The van der Waals surface area contributed by atoms with Crippen LogP contribution in [0, 0.1) is 5.92 Å². The molecule has 0 bridgehead atoms. The second kappa shape index (κ2) is 7.03. The predicted molar refractivity (Wildman–Crippen MR) is 97.2 cm³/mol. The van der Waals surface area contributed by atoms with Gasteiger partial charge in [0, 0.05) is 18.9 Å². The second-order valence-corrected chi connectivity index (χ2v) is 6.43. The van der Waals surface area contributed by atoms with Crippen LogP contribution in [0.2, 0.25) is 0 Å². The summed E-state index contributed by atoms with van der Waals surface area (Å²) in [6, 6.07) is 6.99. The van der Waals surface area contributed by atoms with Gasteiger partial charge in [0.15, 0.2) is 0 Å². The van der Waals surface area contributed by atoms with Crippen molar-refractivity contribution in [1.29, 1.82) is 0 Å². The maximum absolute atomic E-state index is 12.9. The SMILES string of the molecule is COC(=O)c1cn(CC(C)C)cc2c(=O)n(-c3ccc(OC)cc3)nc1-2. The number of esters is 1. The van der Waals surface area contributed by atoms with E-state index in [1.165, 1.54) is 11.8 Å². The largest absolute Gasteiger partial charge is 0.497 e. The minimum atomic E-state index is -0.521. The van der Waals surface area contributed by atoms with Crippen molar-refractivity contribution < 1.29 is 14.3 Å². The molecule has 7 nitrogen and oxygen atoms in total. The Balaban J connectivity index is 2.20. The number of pyridine rings is 1. The Morgan fingerprint density at radius 1 is 1.15 bits per heavy atom. The van der Waals surface area contributed by atoms with Crippen LogP contribution >= 0.6 is 0 Å². The summed E-state index contributed by atoms with van der Waals surface area (Å²) in [5.74, 6) is 0.519. The zero-order valence-corrected chi connectivity index (χ0v) is 15.2. The lowest BCUT2D eigenvalue weighted by atomic mass is 10.1. The Hall–Kier alpha value is -3.09. The first-order chi connectivity index (χ1) is 12.4. The molecule has 0 atom stereocenters.